The zero-order valence-corrected chi connectivity index (χ0v) is 13.6. The minimum atomic E-state index is -0.392. The standard InChI is InChI=1S/C20H18O4/c1-3-23-19-11-14(6-9-17(19)21)10-16-12-18(24-20(16)22)15-7-4-13(2)5-8-15/h4-12,21H,3H2,1-2H3/b16-10-. The number of cyclic esters (lactones) is 1. The molecular formula is C20H18O4. The van der Waals surface area contributed by atoms with Crippen molar-refractivity contribution >= 4 is 17.8 Å². The van der Waals surface area contributed by atoms with Crippen molar-refractivity contribution in [2.75, 3.05) is 6.61 Å². The predicted molar refractivity (Wildman–Crippen MR) is 92.5 cm³/mol. The van der Waals surface area contributed by atoms with Gasteiger partial charge in [0, 0.05) is 5.56 Å². The van der Waals surface area contributed by atoms with Crippen molar-refractivity contribution in [3.63, 3.8) is 0 Å². The highest BCUT2D eigenvalue weighted by molar-refractivity contribution is 6.05. The Morgan fingerprint density at radius 1 is 1.17 bits per heavy atom. The molecule has 4 nitrogen and oxygen atoms in total. The third kappa shape index (κ3) is 3.33. The lowest BCUT2D eigenvalue weighted by Gasteiger charge is -2.06. The summed E-state index contributed by atoms with van der Waals surface area (Å²) in [6.45, 7) is 4.30. The van der Waals surface area contributed by atoms with E-state index in [-0.39, 0.29) is 5.75 Å². The Morgan fingerprint density at radius 2 is 1.92 bits per heavy atom. The van der Waals surface area contributed by atoms with E-state index in [2.05, 4.69) is 0 Å². The van der Waals surface area contributed by atoms with Crippen LogP contribution in [0.1, 0.15) is 23.6 Å². The third-order valence-corrected chi connectivity index (χ3v) is 3.67. The summed E-state index contributed by atoms with van der Waals surface area (Å²) in [5.74, 6) is 0.608. The molecule has 2 aromatic carbocycles. The summed E-state index contributed by atoms with van der Waals surface area (Å²) in [5, 5.41) is 9.74. The van der Waals surface area contributed by atoms with Gasteiger partial charge in [-0.15, -0.1) is 0 Å². The number of rotatable bonds is 4. The van der Waals surface area contributed by atoms with Gasteiger partial charge in [-0.1, -0.05) is 35.9 Å². The van der Waals surface area contributed by atoms with Crippen LogP contribution in [0, 0.1) is 6.92 Å². The number of carbonyl (C=O) groups excluding carboxylic acids is 1. The van der Waals surface area contributed by atoms with Gasteiger partial charge in [0.1, 0.15) is 5.76 Å². The third-order valence-electron chi connectivity index (χ3n) is 3.67. The van der Waals surface area contributed by atoms with Gasteiger partial charge in [-0.25, -0.2) is 4.79 Å². The van der Waals surface area contributed by atoms with Crippen LogP contribution in [0.15, 0.2) is 54.1 Å². The summed E-state index contributed by atoms with van der Waals surface area (Å²) in [5.41, 5.74) is 3.22. The van der Waals surface area contributed by atoms with E-state index < -0.39 is 5.97 Å². The van der Waals surface area contributed by atoms with Crippen molar-refractivity contribution in [1.29, 1.82) is 0 Å². The molecule has 2 aromatic rings. The van der Waals surface area contributed by atoms with E-state index in [1.165, 1.54) is 0 Å². The van der Waals surface area contributed by atoms with Gasteiger partial charge < -0.3 is 14.6 Å². The Hall–Kier alpha value is -3.01. The van der Waals surface area contributed by atoms with Gasteiger partial charge in [-0.3, -0.25) is 0 Å². The number of benzene rings is 2. The van der Waals surface area contributed by atoms with Crippen molar-refractivity contribution < 1.29 is 19.4 Å². The number of carbonyl (C=O) groups is 1. The van der Waals surface area contributed by atoms with Crippen LogP contribution < -0.4 is 4.74 Å². The Labute approximate surface area is 140 Å². The van der Waals surface area contributed by atoms with Crippen LogP contribution in [0.4, 0.5) is 0 Å². The number of aromatic hydroxyl groups is 1. The van der Waals surface area contributed by atoms with Gasteiger partial charge in [0.25, 0.3) is 0 Å². The van der Waals surface area contributed by atoms with Crippen LogP contribution in [0.25, 0.3) is 11.8 Å². The van der Waals surface area contributed by atoms with E-state index in [4.69, 9.17) is 9.47 Å². The number of hydrogen-bond acceptors (Lipinski definition) is 4. The number of aryl methyl sites for hydroxylation is 1. The predicted octanol–water partition coefficient (Wildman–Crippen LogP) is 4.08. The summed E-state index contributed by atoms with van der Waals surface area (Å²) in [4.78, 5) is 12.1. The number of phenols is 1. The Kier molecular flexibility index (Phi) is 4.38. The molecule has 0 spiro atoms. The molecule has 1 N–H and O–H groups in total. The van der Waals surface area contributed by atoms with E-state index in [1.54, 1.807) is 30.4 Å². The molecule has 0 unspecified atom stereocenters. The maximum Gasteiger partial charge on any atom is 0.343 e. The molecule has 1 aliphatic rings. The van der Waals surface area contributed by atoms with E-state index in [0.717, 1.165) is 16.7 Å². The molecule has 3 rings (SSSR count). The topological polar surface area (TPSA) is 55.8 Å². The lowest BCUT2D eigenvalue weighted by molar-refractivity contribution is -0.130. The molecule has 0 saturated carbocycles. The van der Waals surface area contributed by atoms with Gasteiger partial charge in [-0.2, -0.15) is 0 Å². The molecule has 1 heterocycles. The van der Waals surface area contributed by atoms with Gasteiger partial charge in [-0.05, 0) is 43.7 Å². The number of phenolic OH excluding ortho intramolecular Hbond substituents is 1. The first-order chi connectivity index (χ1) is 11.6. The fourth-order valence-corrected chi connectivity index (χ4v) is 2.42. The van der Waals surface area contributed by atoms with Crippen LogP contribution in [-0.4, -0.2) is 17.7 Å². The lowest BCUT2D eigenvalue weighted by atomic mass is 10.1. The van der Waals surface area contributed by atoms with Gasteiger partial charge >= 0.3 is 5.97 Å². The molecule has 0 radical (unpaired) electrons. The highest BCUT2D eigenvalue weighted by atomic mass is 16.5. The average molecular weight is 322 g/mol. The van der Waals surface area contributed by atoms with Crippen LogP contribution >= 0.6 is 0 Å². The van der Waals surface area contributed by atoms with E-state index in [1.807, 2.05) is 38.1 Å². The van der Waals surface area contributed by atoms with E-state index in [9.17, 15) is 9.90 Å². The quantitative estimate of drug-likeness (QED) is 0.681. The monoisotopic (exact) mass is 322 g/mol. The Balaban J connectivity index is 1.91. The summed E-state index contributed by atoms with van der Waals surface area (Å²) < 4.78 is 10.7. The molecule has 0 aliphatic carbocycles. The first-order valence-electron chi connectivity index (χ1n) is 7.75. The van der Waals surface area contributed by atoms with Gasteiger partial charge in [0.15, 0.2) is 11.5 Å². The highest BCUT2D eigenvalue weighted by Gasteiger charge is 2.22. The normalized spacial score (nSPS) is 15.3. The minimum Gasteiger partial charge on any atom is -0.504 e. The van der Waals surface area contributed by atoms with Crippen molar-refractivity contribution in [3.05, 3.63) is 70.8 Å². The maximum atomic E-state index is 12.1. The summed E-state index contributed by atoms with van der Waals surface area (Å²) >= 11 is 0. The molecule has 4 heteroatoms. The van der Waals surface area contributed by atoms with Crippen molar-refractivity contribution in [2.24, 2.45) is 0 Å². The summed E-state index contributed by atoms with van der Waals surface area (Å²) in [6, 6.07) is 12.7. The van der Waals surface area contributed by atoms with Crippen LogP contribution in [-0.2, 0) is 9.53 Å². The second-order valence-corrected chi connectivity index (χ2v) is 5.52. The largest absolute Gasteiger partial charge is 0.504 e. The summed E-state index contributed by atoms with van der Waals surface area (Å²) in [6.07, 6.45) is 3.44. The van der Waals surface area contributed by atoms with E-state index in [0.29, 0.717) is 23.7 Å². The molecule has 0 aromatic heterocycles. The first kappa shape index (κ1) is 15.9. The van der Waals surface area contributed by atoms with Crippen LogP contribution in [0.3, 0.4) is 0 Å². The molecular weight excluding hydrogens is 304 g/mol. The summed E-state index contributed by atoms with van der Waals surface area (Å²) in [7, 11) is 0. The van der Waals surface area contributed by atoms with Crippen molar-refractivity contribution in [3.8, 4) is 11.5 Å². The molecule has 122 valence electrons. The zero-order valence-electron chi connectivity index (χ0n) is 13.6. The first-order valence-corrected chi connectivity index (χ1v) is 7.75. The Bertz CT molecular complexity index is 829. The smallest absolute Gasteiger partial charge is 0.343 e. The zero-order chi connectivity index (χ0) is 17.1. The highest BCUT2D eigenvalue weighted by Crippen LogP contribution is 2.30. The lowest BCUT2D eigenvalue weighted by Crippen LogP contribution is -1.97. The minimum absolute atomic E-state index is 0.0730. The molecule has 1 aliphatic heterocycles. The van der Waals surface area contributed by atoms with Crippen molar-refractivity contribution in [2.45, 2.75) is 13.8 Å². The van der Waals surface area contributed by atoms with Crippen LogP contribution in [0.2, 0.25) is 0 Å². The molecule has 0 bridgehead atoms. The number of esters is 1. The molecule has 24 heavy (non-hydrogen) atoms. The fraction of sp³-hybridized carbons (Fsp3) is 0.150. The number of hydrogen-bond donors (Lipinski definition) is 1. The second kappa shape index (κ2) is 6.62. The van der Waals surface area contributed by atoms with Crippen LogP contribution in [0.5, 0.6) is 11.5 Å². The fourth-order valence-electron chi connectivity index (χ4n) is 2.42. The maximum absolute atomic E-state index is 12.1. The van der Waals surface area contributed by atoms with Gasteiger partial charge in [0.05, 0.1) is 12.2 Å². The van der Waals surface area contributed by atoms with Crippen molar-refractivity contribution in [1.82, 2.24) is 0 Å². The second-order valence-electron chi connectivity index (χ2n) is 5.52. The molecule has 0 amide bonds. The SMILES string of the molecule is CCOc1cc(/C=C2/C=C(c3ccc(C)cc3)OC2=O)ccc1O. The number of ether oxygens (including phenoxy) is 2. The van der Waals surface area contributed by atoms with E-state index >= 15 is 0 Å². The molecule has 0 atom stereocenters. The Morgan fingerprint density at radius 3 is 2.62 bits per heavy atom. The average Bonchev–Trinajstić information content (AvgIpc) is 2.92. The van der Waals surface area contributed by atoms with Gasteiger partial charge in [0.2, 0.25) is 0 Å². The molecule has 0 fully saturated rings. The molecule has 0 saturated heterocycles.